The van der Waals surface area contributed by atoms with E-state index in [-0.39, 0.29) is 36.5 Å². The molecule has 0 saturated heterocycles. The second-order valence-electron chi connectivity index (χ2n) is 12.0. The number of aliphatic hydroxyl groups excluding tert-OH is 1. The van der Waals surface area contributed by atoms with Gasteiger partial charge in [0.15, 0.2) is 0 Å². The molecule has 0 saturated carbocycles. The molecule has 4 atom stereocenters. The summed E-state index contributed by atoms with van der Waals surface area (Å²) in [6, 6.07) is 24.1. The van der Waals surface area contributed by atoms with Crippen LogP contribution in [0.4, 0.5) is 5.69 Å². The fourth-order valence-corrected chi connectivity index (χ4v) is 5.52. The first-order valence-corrected chi connectivity index (χ1v) is 15.7. The third-order valence-electron chi connectivity index (χ3n) is 8.13. The van der Waals surface area contributed by atoms with E-state index in [1.807, 2.05) is 50.2 Å². The molecule has 3 aromatic carbocycles. The molecule has 0 spiro atoms. The van der Waals surface area contributed by atoms with Crippen molar-refractivity contribution >= 4 is 17.5 Å². The van der Waals surface area contributed by atoms with Crippen LogP contribution in [0, 0.1) is 5.92 Å². The number of anilines is 1. The lowest BCUT2D eigenvalue weighted by Crippen LogP contribution is -2.47. The van der Waals surface area contributed by atoms with Crippen molar-refractivity contribution in [3.8, 4) is 5.75 Å². The van der Waals surface area contributed by atoms with E-state index in [0.29, 0.717) is 42.3 Å². The lowest BCUT2D eigenvalue weighted by atomic mass is 10.0. The summed E-state index contributed by atoms with van der Waals surface area (Å²) in [4.78, 5) is 31.2. The van der Waals surface area contributed by atoms with E-state index >= 15 is 0 Å². The molecule has 8 nitrogen and oxygen atoms in total. The average molecular weight is 602 g/mol. The van der Waals surface area contributed by atoms with Crippen LogP contribution in [0.3, 0.4) is 0 Å². The van der Waals surface area contributed by atoms with Gasteiger partial charge in [0, 0.05) is 43.4 Å². The van der Waals surface area contributed by atoms with Gasteiger partial charge in [0.2, 0.25) is 0 Å². The fraction of sp³-hybridized carbons (Fsp3) is 0.444. The molecule has 0 aliphatic carbocycles. The lowest BCUT2D eigenvalue weighted by Gasteiger charge is -2.36. The number of carbonyl (C=O) groups is 2. The topological polar surface area (TPSA) is 91.3 Å². The Morgan fingerprint density at radius 2 is 1.75 bits per heavy atom. The molecule has 236 valence electrons. The van der Waals surface area contributed by atoms with Crippen LogP contribution in [-0.2, 0) is 11.3 Å². The lowest BCUT2D eigenvalue weighted by molar-refractivity contribution is -0.0177. The van der Waals surface area contributed by atoms with E-state index in [9.17, 15) is 14.7 Å². The Labute approximate surface area is 262 Å². The molecule has 44 heavy (non-hydrogen) atoms. The van der Waals surface area contributed by atoms with E-state index in [1.165, 1.54) is 5.56 Å². The third-order valence-corrected chi connectivity index (χ3v) is 8.13. The number of carbonyl (C=O) groups excluding carboxylic acids is 2. The first-order chi connectivity index (χ1) is 21.2. The summed E-state index contributed by atoms with van der Waals surface area (Å²) in [6.45, 7) is 8.28. The second kappa shape index (κ2) is 16.4. The SMILES string of the molecule is C[C@H]1CCCCO[C@@H](CN(C)Cc2ccccc2)[C@@H](C)CN([C@@H](C)CO)C(=O)c2cc(NC(=O)c3ccccc3)ccc2O1. The summed E-state index contributed by atoms with van der Waals surface area (Å²) in [6.07, 6.45) is 2.42. The summed E-state index contributed by atoms with van der Waals surface area (Å²) in [7, 11) is 2.09. The number of aliphatic hydroxyl groups is 1. The Hall–Kier alpha value is -3.72. The van der Waals surface area contributed by atoms with Crippen molar-refractivity contribution in [2.24, 2.45) is 5.92 Å². The van der Waals surface area contributed by atoms with Gasteiger partial charge in [0.25, 0.3) is 11.8 Å². The van der Waals surface area contributed by atoms with Gasteiger partial charge in [-0.05, 0) is 76.1 Å². The average Bonchev–Trinajstić information content (AvgIpc) is 3.03. The number of benzene rings is 3. The summed E-state index contributed by atoms with van der Waals surface area (Å²) in [5.41, 5.74) is 2.61. The van der Waals surface area contributed by atoms with Crippen LogP contribution in [0.25, 0.3) is 0 Å². The predicted octanol–water partition coefficient (Wildman–Crippen LogP) is 5.87. The van der Waals surface area contributed by atoms with E-state index < -0.39 is 6.04 Å². The highest BCUT2D eigenvalue weighted by Crippen LogP contribution is 2.29. The zero-order valence-corrected chi connectivity index (χ0v) is 26.4. The van der Waals surface area contributed by atoms with Gasteiger partial charge in [-0.25, -0.2) is 0 Å². The maximum Gasteiger partial charge on any atom is 0.258 e. The Balaban J connectivity index is 1.61. The van der Waals surface area contributed by atoms with Crippen molar-refractivity contribution in [3.05, 3.63) is 95.6 Å². The summed E-state index contributed by atoms with van der Waals surface area (Å²) < 4.78 is 12.8. The minimum absolute atomic E-state index is 0.0154. The van der Waals surface area contributed by atoms with Gasteiger partial charge >= 0.3 is 0 Å². The van der Waals surface area contributed by atoms with Gasteiger partial charge in [-0.3, -0.25) is 14.5 Å². The number of hydrogen-bond acceptors (Lipinski definition) is 6. The maximum absolute atomic E-state index is 14.3. The molecule has 8 heteroatoms. The van der Waals surface area contributed by atoms with Crippen LogP contribution < -0.4 is 10.1 Å². The monoisotopic (exact) mass is 601 g/mol. The van der Waals surface area contributed by atoms with Crippen molar-refractivity contribution in [2.75, 3.05) is 38.7 Å². The molecule has 1 heterocycles. The van der Waals surface area contributed by atoms with Crippen LogP contribution in [0.15, 0.2) is 78.9 Å². The van der Waals surface area contributed by atoms with Crippen molar-refractivity contribution in [1.29, 1.82) is 0 Å². The van der Waals surface area contributed by atoms with Gasteiger partial charge in [0.05, 0.1) is 30.4 Å². The number of hydrogen-bond donors (Lipinski definition) is 2. The maximum atomic E-state index is 14.3. The largest absolute Gasteiger partial charge is 0.490 e. The normalized spacial score (nSPS) is 20.7. The third kappa shape index (κ3) is 9.39. The molecule has 4 rings (SSSR count). The Bertz CT molecular complexity index is 1340. The second-order valence-corrected chi connectivity index (χ2v) is 12.0. The Morgan fingerprint density at radius 3 is 2.45 bits per heavy atom. The summed E-state index contributed by atoms with van der Waals surface area (Å²) >= 11 is 0. The Morgan fingerprint density at radius 1 is 1.05 bits per heavy atom. The predicted molar refractivity (Wildman–Crippen MR) is 174 cm³/mol. The van der Waals surface area contributed by atoms with Crippen LogP contribution >= 0.6 is 0 Å². The number of nitrogens with zero attached hydrogens (tertiary/aromatic N) is 2. The number of rotatable bonds is 8. The highest BCUT2D eigenvalue weighted by Gasteiger charge is 2.30. The van der Waals surface area contributed by atoms with Crippen LogP contribution in [0.5, 0.6) is 5.75 Å². The molecule has 0 aromatic heterocycles. The number of likely N-dealkylation sites (N-methyl/N-ethyl adjacent to an activating group) is 1. The number of amides is 2. The Kier molecular flexibility index (Phi) is 12.4. The minimum Gasteiger partial charge on any atom is -0.490 e. The number of ether oxygens (including phenoxy) is 2. The summed E-state index contributed by atoms with van der Waals surface area (Å²) in [5, 5.41) is 13.1. The van der Waals surface area contributed by atoms with Gasteiger partial charge in [0.1, 0.15) is 5.75 Å². The molecular formula is C36H47N3O5. The fourth-order valence-electron chi connectivity index (χ4n) is 5.52. The van der Waals surface area contributed by atoms with Crippen LogP contribution in [-0.4, -0.2) is 78.3 Å². The van der Waals surface area contributed by atoms with E-state index in [0.717, 1.165) is 25.8 Å². The van der Waals surface area contributed by atoms with Crippen LogP contribution in [0.1, 0.15) is 66.3 Å². The molecule has 2 N–H and O–H groups in total. The van der Waals surface area contributed by atoms with E-state index in [4.69, 9.17) is 9.47 Å². The molecule has 0 fully saturated rings. The van der Waals surface area contributed by atoms with Crippen molar-refractivity contribution < 1.29 is 24.2 Å². The molecule has 0 unspecified atom stereocenters. The van der Waals surface area contributed by atoms with Crippen molar-refractivity contribution in [1.82, 2.24) is 9.80 Å². The molecule has 0 radical (unpaired) electrons. The minimum atomic E-state index is -0.437. The zero-order chi connectivity index (χ0) is 31.5. The molecule has 3 aromatic rings. The zero-order valence-electron chi connectivity index (χ0n) is 26.4. The standard InChI is InChI=1S/C36H47N3O5/c1-26-22-39(27(2)25-40)36(42)32-21-31(37-35(41)30-16-9-6-10-17-30)18-19-33(32)44-28(3)13-11-12-20-43-34(26)24-38(4)23-29-14-7-5-8-15-29/h5-10,14-19,21,26-28,34,40H,11-13,20,22-25H2,1-4H3,(H,37,41)/t26-,27-,28-,34-/m0/s1. The molecular weight excluding hydrogens is 554 g/mol. The van der Waals surface area contributed by atoms with Crippen molar-refractivity contribution in [2.45, 2.75) is 64.8 Å². The first kappa shape index (κ1) is 33.2. The van der Waals surface area contributed by atoms with Crippen LogP contribution in [0.2, 0.25) is 0 Å². The van der Waals surface area contributed by atoms with Gasteiger partial charge in [-0.15, -0.1) is 0 Å². The highest BCUT2D eigenvalue weighted by molar-refractivity contribution is 6.05. The van der Waals surface area contributed by atoms with E-state index in [1.54, 1.807) is 35.2 Å². The van der Waals surface area contributed by atoms with Gasteiger partial charge in [-0.1, -0.05) is 55.5 Å². The quantitative estimate of drug-likeness (QED) is 0.336. The number of nitrogens with one attached hydrogen (secondary N) is 1. The molecule has 0 bridgehead atoms. The highest BCUT2D eigenvalue weighted by atomic mass is 16.5. The molecule has 1 aliphatic rings. The summed E-state index contributed by atoms with van der Waals surface area (Å²) in [5.74, 6) is -0.0688. The number of fused-ring (bicyclic) bond motifs is 1. The molecule has 1 aliphatic heterocycles. The van der Waals surface area contributed by atoms with Gasteiger partial charge in [-0.2, -0.15) is 0 Å². The molecule has 2 amide bonds. The smallest absolute Gasteiger partial charge is 0.258 e. The van der Waals surface area contributed by atoms with Crippen molar-refractivity contribution in [3.63, 3.8) is 0 Å². The van der Waals surface area contributed by atoms with E-state index in [2.05, 4.69) is 36.3 Å². The van der Waals surface area contributed by atoms with Gasteiger partial charge < -0.3 is 24.8 Å². The first-order valence-electron chi connectivity index (χ1n) is 15.7.